The lowest BCUT2D eigenvalue weighted by molar-refractivity contribution is -0.122. The summed E-state index contributed by atoms with van der Waals surface area (Å²) in [6.07, 6.45) is 18.3. The van der Waals surface area contributed by atoms with Crippen LogP contribution in [0.1, 0.15) is 119 Å². The van der Waals surface area contributed by atoms with Crippen molar-refractivity contribution in [2.24, 2.45) is 52.3 Å². The number of hydrogen-bond acceptors (Lipinski definition) is 5. The van der Waals surface area contributed by atoms with Crippen LogP contribution >= 0.6 is 15.9 Å². The number of allylic oxidation sites excluding steroid dienone is 2. The number of halogens is 1. The number of rotatable bonds is 21. The van der Waals surface area contributed by atoms with Gasteiger partial charge in [0, 0.05) is 13.2 Å². The van der Waals surface area contributed by atoms with E-state index in [1.807, 2.05) is 0 Å². The van der Waals surface area contributed by atoms with Gasteiger partial charge >= 0.3 is 0 Å². The van der Waals surface area contributed by atoms with Gasteiger partial charge < -0.3 is 24.3 Å². The molecule has 0 bridgehead atoms. The molecule has 0 aromatic rings. The van der Waals surface area contributed by atoms with Gasteiger partial charge in [0.25, 0.3) is 0 Å². The van der Waals surface area contributed by atoms with Crippen molar-refractivity contribution in [2.45, 2.75) is 123 Å². The summed E-state index contributed by atoms with van der Waals surface area (Å²) in [7, 11) is 0. The largest absolute Gasteiger partial charge is 0.379 e. The Morgan fingerprint density at radius 3 is 2.38 bits per heavy atom. The molecule has 4 aliphatic carbocycles. The van der Waals surface area contributed by atoms with Crippen LogP contribution in [0.5, 0.6) is 0 Å². The van der Waals surface area contributed by atoms with Gasteiger partial charge in [0.1, 0.15) is 0 Å². The van der Waals surface area contributed by atoms with Crippen molar-refractivity contribution in [3.8, 4) is 0 Å². The monoisotopic (exact) mass is 725 g/mol. The topological polar surface area (TPSA) is 66.0 Å². The molecule has 0 saturated heterocycles. The minimum absolute atomic E-state index is 0.0979. The standard InChI is InChI=1S/C40H70BrNO5/c1-7-20-44-22-24-46-26-27-47-25-23-45-21-19-42-38(43)37(41)31-15-17-39(5)32(28-31)11-12-33-35-14-13-34(30(4)10-8-9-29(2)3)40(35,6)18-16-36(33)39/h11,29-31,33-37H,7-10,12-28H2,1-6H3,(H,42,43)/t30-,31?,33?,34-,35?,36?,37?,39+,40-/m1/s1/i45+2. The summed E-state index contributed by atoms with van der Waals surface area (Å²) in [6.45, 7) is 19.9. The van der Waals surface area contributed by atoms with Crippen LogP contribution in [0.25, 0.3) is 0 Å². The van der Waals surface area contributed by atoms with E-state index in [1.54, 1.807) is 5.57 Å². The summed E-state index contributed by atoms with van der Waals surface area (Å²) in [4.78, 5) is 12.9. The van der Waals surface area contributed by atoms with E-state index in [-0.39, 0.29) is 10.7 Å². The van der Waals surface area contributed by atoms with Gasteiger partial charge in [0.05, 0.1) is 51.1 Å². The summed E-state index contributed by atoms with van der Waals surface area (Å²) < 4.78 is 22.1. The highest BCUT2D eigenvalue weighted by molar-refractivity contribution is 9.10. The molecule has 47 heavy (non-hydrogen) atoms. The molecular weight excluding hydrogens is 656 g/mol. The Morgan fingerprint density at radius 2 is 1.66 bits per heavy atom. The maximum absolute atomic E-state index is 13.1. The number of carbonyl (C=O) groups is 1. The molecule has 0 aliphatic heterocycles. The molecular formula is C40H70BrNO5. The molecule has 4 rings (SSSR count). The first-order chi connectivity index (χ1) is 22.6. The highest BCUT2D eigenvalue weighted by atomic mass is 79.9. The number of carbonyl (C=O) groups excluding carboxylic acids is 1. The lowest BCUT2D eigenvalue weighted by Crippen LogP contribution is -2.51. The van der Waals surface area contributed by atoms with Crippen LogP contribution < -0.4 is 5.32 Å². The van der Waals surface area contributed by atoms with Crippen LogP contribution in [-0.4, -0.2) is 70.1 Å². The van der Waals surface area contributed by atoms with Gasteiger partial charge in [-0.15, -0.1) is 0 Å². The molecule has 0 aromatic heterocycles. The first-order valence-corrected chi connectivity index (χ1v) is 20.5. The van der Waals surface area contributed by atoms with E-state index in [2.05, 4.69) is 68.9 Å². The van der Waals surface area contributed by atoms with E-state index in [0.717, 1.165) is 61.4 Å². The van der Waals surface area contributed by atoms with Crippen molar-refractivity contribution in [3.63, 3.8) is 0 Å². The van der Waals surface area contributed by atoms with Crippen LogP contribution in [0.15, 0.2) is 11.6 Å². The minimum atomic E-state index is -0.149. The van der Waals surface area contributed by atoms with E-state index in [4.69, 9.17) is 18.9 Å². The Morgan fingerprint density at radius 1 is 0.936 bits per heavy atom. The van der Waals surface area contributed by atoms with Crippen LogP contribution in [0.4, 0.5) is 0 Å². The average molecular weight is 727 g/mol. The fourth-order valence-corrected chi connectivity index (χ4v) is 11.0. The molecule has 0 spiro atoms. The van der Waals surface area contributed by atoms with Crippen molar-refractivity contribution < 1.29 is 23.7 Å². The Kier molecular flexibility index (Phi) is 16.1. The zero-order valence-corrected chi connectivity index (χ0v) is 32.6. The first kappa shape index (κ1) is 39.3. The highest BCUT2D eigenvalue weighted by Crippen LogP contribution is 2.67. The Labute approximate surface area is 296 Å². The Hall–Kier alpha value is -0.470. The molecule has 0 aromatic carbocycles. The second kappa shape index (κ2) is 19.2. The second-order valence-corrected chi connectivity index (χ2v) is 17.4. The molecule has 0 radical (unpaired) electrons. The Balaban J connectivity index is 1.15. The quantitative estimate of drug-likeness (QED) is 0.0554. The maximum Gasteiger partial charge on any atom is 0.234 e. The normalized spacial score (nSPS) is 33.1. The van der Waals surface area contributed by atoms with Gasteiger partial charge in [-0.1, -0.05) is 88.4 Å². The molecule has 3 fully saturated rings. The molecule has 1 N–H and O–H groups in total. The van der Waals surface area contributed by atoms with Crippen molar-refractivity contribution >= 4 is 21.8 Å². The third-order valence-electron chi connectivity index (χ3n) is 13.0. The fourth-order valence-electron chi connectivity index (χ4n) is 10.4. The van der Waals surface area contributed by atoms with Crippen molar-refractivity contribution in [3.05, 3.63) is 11.6 Å². The minimum Gasteiger partial charge on any atom is -0.379 e. The number of ether oxygens (including phenoxy) is 4. The summed E-state index contributed by atoms with van der Waals surface area (Å²) in [5.74, 6) is 5.61. The highest BCUT2D eigenvalue weighted by Gasteiger charge is 2.59. The number of fused-ring (bicyclic) bond motifs is 5. The van der Waals surface area contributed by atoms with E-state index in [9.17, 15) is 4.79 Å². The first-order valence-electron chi connectivity index (χ1n) is 19.5. The number of alkyl halides is 1. The number of hydrogen-bond donors (Lipinski definition) is 1. The summed E-state index contributed by atoms with van der Waals surface area (Å²) in [5, 5.41) is 3.10. The van der Waals surface area contributed by atoms with Crippen LogP contribution in [0.2, 0.25) is 0 Å². The van der Waals surface area contributed by atoms with E-state index < -0.39 is 0 Å². The molecule has 3 saturated carbocycles. The van der Waals surface area contributed by atoms with Gasteiger partial charge in [-0.05, 0) is 110 Å². The van der Waals surface area contributed by atoms with E-state index in [1.165, 1.54) is 57.8 Å². The third kappa shape index (κ3) is 10.3. The lowest BCUT2D eigenvalue weighted by atomic mass is 9.46. The lowest BCUT2D eigenvalue weighted by Gasteiger charge is -2.58. The zero-order chi connectivity index (χ0) is 33.9. The van der Waals surface area contributed by atoms with Crippen LogP contribution in [0, 0.1) is 52.3 Å². The summed E-state index contributed by atoms with van der Waals surface area (Å²) >= 11 is 3.82. The average Bonchev–Trinajstić information content (AvgIpc) is 3.41. The van der Waals surface area contributed by atoms with Crippen molar-refractivity contribution in [1.82, 2.24) is 5.32 Å². The summed E-state index contributed by atoms with van der Waals surface area (Å²) in [6, 6.07) is 0. The van der Waals surface area contributed by atoms with Crippen molar-refractivity contribution in [2.75, 3.05) is 59.4 Å². The fraction of sp³-hybridized carbons (Fsp3) is 0.925. The SMILES string of the molecule is CCCOCCOCCOCC[18O]CCNC(=O)C(Br)C1CC[C@@]2(C)C(=CCC3C2CC[C@@]2(C)C3CC[C@@H]2[C@H](C)CCCC(C)C)C1. The maximum atomic E-state index is 13.1. The van der Waals surface area contributed by atoms with E-state index in [0.29, 0.717) is 69.5 Å². The number of nitrogens with one attached hydrogen (secondary N) is 1. The third-order valence-corrected chi connectivity index (χ3v) is 14.2. The molecule has 0 heterocycles. The molecule has 6 nitrogen and oxygen atoms in total. The predicted molar refractivity (Wildman–Crippen MR) is 196 cm³/mol. The van der Waals surface area contributed by atoms with Crippen LogP contribution in [0.3, 0.4) is 0 Å². The zero-order valence-electron chi connectivity index (χ0n) is 31.0. The van der Waals surface area contributed by atoms with E-state index >= 15 is 0 Å². The molecule has 5 unspecified atom stereocenters. The second-order valence-electron chi connectivity index (χ2n) is 16.4. The predicted octanol–water partition coefficient (Wildman–Crippen LogP) is 9.00. The molecule has 1 amide bonds. The summed E-state index contributed by atoms with van der Waals surface area (Å²) in [5.41, 5.74) is 2.51. The Bertz CT molecular complexity index is 974. The molecule has 272 valence electrons. The molecule has 9 atom stereocenters. The van der Waals surface area contributed by atoms with Gasteiger partial charge in [0.15, 0.2) is 0 Å². The van der Waals surface area contributed by atoms with Gasteiger partial charge in [-0.25, -0.2) is 0 Å². The van der Waals surface area contributed by atoms with Gasteiger partial charge in [0.2, 0.25) is 5.91 Å². The molecule has 4 aliphatic rings. The van der Waals surface area contributed by atoms with Crippen molar-refractivity contribution in [1.29, 1.82) is 0 Å². The van der Waals surface area contributed by atoms with Crippen LogP contribution in [-0.2, 0) is 23.7 Å². The van der Waals surface area contributed by atoms with Gasteiger partial charge in [-0.2, -0.15) is 0 Å². The smallest absolute Gasteiger partial charge is 0.234 e. The number of amides is 1. The van der Waals surface area contributed by atoms with Gasteiger partial charge in [-0.3, -0.25) is 4.79 Å². The molecule has 7 heteroatoms.